The first-order valence-electron chi connectivity index (χ1n) is 10.0. The molecule has 0 amide bonds. The SMILES string of the molecule is CCc1c(Cc2[nH]c(Cc3[nH]c(C(=O)O)c(C)c3CC)c(Br)c2Br)[nH]c(C(=O)O)c1C. The number of hydrogen-bond acceptors (Lipinski definition) is 2. The summed E-state index contributed by atoms with van der Waals surface area (Å²) in [4.78, 5) is 32.6. The van der Waals surface area contributed by atoms with Gasteiger partial charge in [0.05, 0.1) is 8.95 Å². The van der Waals surface area contributed by atoms with Gasteiger partial charge in [0, 0.05) is 35.6 Å². The van der Waals surface area contributed by atoms with E-state index in [0.717, 1.165) is 66.8 Å². The van der Waals surface area contributed by atoms with Crippen molar-refractivity contribution < 1.29 is 19.8 Å². The van der Waals surface area contributed by atoms with Gasteiger partial charge in [-0.05, 0) is 80.8 Å². The Kier molecular flexibility index (Phi) is 6.85. The second kappa shape index (κ2) is 9.08. The van der Waals surface area contributed by atoms with E-state index in [4.69, 9.17) is 0 Å². The molecule has 0 unspecified atom stereocenters. The van der Waals surface area contributed by atoms with Gasteiger partial charge in [-0.15, -0.1) is 0 Å². The Morgan fingerprint density at radius 2 is 1.06 bits per heavy atom. The number of carboxylic acids is 2. The Balaban J connectivity index is 1.97. The van der Waals surface area contributed by atoms with Crippen LogP contribution < -0.4 is 0 Å². The van der Waals surface area contributed by atoms with Crippen molar-refractivity contribution in [3.63, 3.8) is 0 Å². The van der Waals surface area contributed by atoms with Crippen LogP contribution in [0.1, 0.15) is 79.9 Å². The van der Waals surface area contributed by atoms with Crippen LogP contribution in [0.3, 0.4) is 0 Å². The van der Waals surface area contributed by atoms with Crippen LogP contribution >= 0.6 is 31.9 Å². The summed E-state index contributed by atoms with van der Waals surface area (Å²) in [5.41, 5.74) is 7.57. The average Bonchev–Trinajstić information content (AvgIpc) is 3.29. The predicted molar refractivity (Wildman–Crippen MR) is 126 cm³/mol. The molecule has 31 heavy (non-hydrogen) atoms. The summed E-state index contributed by atoms with van der Waals surface area (Å²) >= 11 is 7.28. The lowest BCUT2D eigenvalue weighted by Crippen LogP contribution is -2.00. The Morgan fingerprint density at radius 1 is 0.710 bits per heavy atom. The number of nitrogens with one attached hydrogen (secondary N) is 3. The van der Waals surface area contributed by atoms with E-state index < -0.39 is 11.9 Å². The van der Waals surface area contributed by atoms with Crippen molar-refractivity contribution in [2.75, 3.05) is 0 Å². The molecule has 0 radical (unpaired) electrons. The fourth-order valence-corrected chi connectivity index (χ4v) is 5.19. The van der Waals surface area contributed by atoms with E-state index >= 15 is 0 Å². The third-order valence-electron chi connectivity index (χ3n) is 5.80. The van der Waals surface area contributed by atoms with Gasteiger partial charge in [-0.2, -0.15) is 0 Å². The highest BCUT2D eigenvalue weighted by Gasteiger charge is 2.23. The lowest BCUT2D eigenvalue weighted by atomic mass is 10.0. The molecule has 0 atom stereocenters. The minimum absolute atomic E-state index is 0.226. The van der Waals surface area contributed by atoms with Gasteiger partial charge in [0.15, 0.2) is 0 Å². The summed E-state index contributed by atoms with van der Waals surface area (Å²) in [6, 6.07) is 0. The van der Waals surface area contributed by atoms with Gasteiger partial charge in [0.1, 0.15) is 11.4 Å². The molecule has 7 nitrogen and oxygen atoms in total. The standard InChI is InChI=1S/C22H25Br2N3O4/c1-5-11-9(3)19(21(28)29)26-13(11)7-15-17(23)18(24)16(25-15)8-14-12(6-2)10(4)20(27-14)22(30)31/h25-27H,5-8H2,1-4H3,(H,28,29)(H,30,31). The zero-order valence-electron chi connectivity index (χ0n) is 17.8. The number of carboxylic acid groups (broad SMARTS) is 2. The minimum atomic E-state index is -0.964. The van der Waals surface area contributed by atoms with Crippen molar-refractivity contribution >= 4 is 43.8 Å². The summed E-state index contributed by atoms with van der Waals surface area (Å²) in [5, 5.41) is 18.9. The molecule has 0 bridgehead atoms. The van der Waals surface area contributed by atoms with Gasteiger partial charge < -0.3 is 25.2 Å². The van der Waals surface area contributed by atoms with Crippen LogP contribution in [0.4, 0.5) is 0 Å². The minimum Gasteiger partial charge on any atom is -0.477 e. The summed E-state index contributed by atoms with van der Waals surface area (Å²) in [6.45, 7) is 7.67. The van der Waals surface area contributed by atoms with E-state index in [1.54, 1.807) is 0 Å². The number of hydrogen-bond donors (Lipinski definition) is 5. The highest BCUT2D eigenvalue weighted by Crippen LogP contribution is 2.35. The third-order valence-corrected chi connectivity index (χ3v) is 8.08. The Bertz CT molecular complexity index is 1080. The highest BCUT2D eigenvalue weighted by atomic mass is 79.9. The van der Waals surface area contributed by atoms with Crippen molar-refractivity contribution in [1.29, 1.82) is 0 Å². The zero-order valence-corrected chi connectivity index (χ0v) is 21.0. The first kappa shape index (κ1) is 23.4. The summed E-state index contributed by atoms with van der Waals surface area (Å²) < 4.78 is 1.74. The number of aromatic amines is 3. The number of H-pyrrole nitrogens is 3. The second-order valence-electron chi connectivity index (χ2n) is 7.55. The molecular weight excluding hydrogens is 530 g/mol. The van der Waals surface area contributed by atoms with E-state index in [1.807, 2.05) is 27.7 Å². The summed E-state index contributed by atoms with van der Waals surface area (Å²) in [5.74, 6) is -1.93. The predicted octanol–water partition coefficient (Wildman–Crippen LogP) is 5.52. The Morgan fingerprint density at radius 3 is 1.35 bits per heavy atom. The molecule has 3 heterocycles. The fourth-order valence-electron chi connectivity index (χ4n) is 4.24. The first-order valence-corrected chi connectivity index (χ1v) is 11.6. The molecule has 0 aliphatic carbocycles. The molecule has 0 fully saturated rings. The van der Waals surface area contributed by atoms with Crippen molar-refractivity contribution in [2.24, 2.45) is 0 Å². The molecule has 3 aromatic heterocycles. The first-order chi connectivity index (χ1) is 14.6. The number of aromatic nitrogens is 3. The van der Waals surface area contributed by atoms with E-state index in [9.17, 15) is 19.8 Å². The molecule has 3 rings (SSSR count). The molecule has 0 saturated carbocycles. The maximum Gasteiger partial charge on any atom is 0.352 e. The van der Waals surface area contributed by atoms with Crippen LogP contribution in [0.25, 0.3) is 0 Å². The summed E-state index contributed by atoms with van der Waals surface area (Å²) in [7, 11) is 0. The quantitative estimate of drug-likeness (QED) is 0.252. The molecule has 9 heteroatoms. The van der Waals surface area contributed by atoms with Crippen LogP contribution in [-0.2, 0) is 25.7 Å². The molecule has 0 saturated heterocycles. The lowest BCUT2D eigenvalue weighted by Gasteiger charge is -2.04. The third kappa shape index (κ3) is 4.25. The zero-order chi connectivity index (χ0) is 23.0. The normalized spacial score (nSPS) is 11.3. The van der Waals surface area contributed by atoms with Gasteiger partial charge in [0.2, 0.25) is 0 Å². The van der Waals surface area contributed by atoms with E-state index in [2.05, 4.69) is 46.8 Å². The van der Waals surface area contributed by atoms with E-state index in [-0.39, 0.29) is 11.4 Å². The smallest absolute Gasteiger partial charge is 0.352 e. The van der Waals surface area contributed by atoms with Crippen molar-refractivity contribution in [3.05, 3.63) is 65.4 Å². The van der Waals surface area contributed by atoms with Gasteiger partial charge in [0.25, 0.3) is 0 Å². The Labute approximate surface area is 196 Å². The van der Waals surface area contributed by atoms with Gasteiger partial charge >= 0.3 is 11.9 Å². The number of carbonyl (C=O) groups is 2. The maximum absolute atomic E-state index is 11.5. The number of halogens is 2. The molecule has 3 aromatic rings. The molecule has 0 aliphatic heterocycles. The Hall–Kier alpha value is -2.26. The van der Waals surface area contributed by atoms with Gasteiger partial charge in [-0.25, -0.2) is 9.59 Å². The number of rotatable bonds is 8. The van der Waals surface area contributed by atoms with Gasteiger partial charge in [-0.3, -0.25) is 0 Å². The summed E-state index contributed by atoms with van der Waals surface area (Å²) in [6.07, 6.45) is 2.50. The van der Waals surface area contributed by atoms with Crippen LogP contribution in [0, 0.1) is 13.8 Å². The van der Waals surface area contributed by atoms with Crippen molar-refractivity contribution in [3.8, 4) is 0 Å². The molecule has 0 aromatic carbocycles. The molecule has 5 N–H and O–H groups in total. The van der Waals surface area contributed by atoms with Crippen molar-refractivity contribution in [2.45, 2.75) is 53.4 Å². The number of aromatic carboxylic acids is 2. The second-order valence-corrected chi connectivity index (χ2v) is 9.13. The van der Waals surface area contributed by atoms with E-state index in [0.29, 0.717) is 12.8 Å². The highest BCUT2D eigenvalue weighted by molar-refractivity contribution is 9.13. The van der Waals surface area contributed by atoms with Crippen LogP contribution in [0.15, 0.2) is 8.95 Å². The average molecular weight is 555 g/mol. The molecule has 0 aliphatic rings. The topological polar surface area (TPSA) is 122 Å². The van der Waals surface area contributed by atoms with Crippen LogP contribution in [0.2, 0.25) is 0 Å². The molecular formula is C22H25Br2N3O4. The van der Waals surface area contributed by atoms with Crippen LogP contribution in [0.5, 0.6) is 0 Å². The monoisotopic (exact) mass is 553 g/mol. The van der Waals surface area contributed by atoms with Crippen molar-refractivity contribution in [1.82, 2.24) is 15.0 Å². The maximum atomic E-state index is 11.5. The fraction of sp³-hybridized carbons (Fsp3) is 0.364. The molecule has 0 spiro atoms. The van der Waals surface area contributed by atoms with Gasteiger partial charge in [-0.1, -0.05) is 13.8 Å². The largest absolute Gasteiger partial charge is 0.477 e. The van der Waals surface area contributed by atoms with Crippen LogP contribution in [-0.4, -0.2) is 37.1 Å². The van der Waals surface area contributed by atoms with E-state index in [1.165, 1.54) is 0 Å². The molecule has 166 valence electrons. The lowest BCUT2D eigenvalue weighted by molar-refractivity contribution is 0.0679.